The largest absolute Gasteiger partial charge is 0.490 e. The van der Waals surface area contributed by atoms with E-state index in [1.54, 1.807) is 0 Å². The number of hydrogen-bond acceptors (Lipinski definition) is 2. The topological polar surface area (TPSA) is 21.3 Å². The van der Waals surface area contributed by atoms with Crippen LogP contribution in [-0.4, -0.2) is 55.5 Å². The van der Waals surface area contributed by atoms with Crippen LogP contribution in [-0.2, 0) is 0 Å². The summed E-state index contributed by atoms with van der Waals surface area (Å²) in [6, 6.07) is 0.547. The molecule has 1 aliphatic rings. The maximum atomic E-state index is 13.7. The summed E-state index contributed by atoms with van der Waals surface area (Å²) in [6.45, 7) is 1.34. The zero-order valence-electron chi connectivity index (χ0n) is 10.5. The molecule has 10 radical (unpaired) electrons. The van der Waals surface area contributed by atoms with Crippen molar-refractivity contribution in [3.8, 4) is 5.75 Å². The second-order valence-corrected chi connectivity index (χ2v) is 4.94. The molecule has 1 N–H and O–H groups in total. The van der Waals surface area contributed by atoms with Crippen molar-refractivity contribution >= 4 is 44.7 Å². The van der Waals surface area contributed by atoms with E-state index >= 15 is 0 Å². The van der Waals surface area contributed by atoms with Crippen LogP contribution in [0, 0.1) is 17.5 Å². The lowest BCUT2D eigenvalue weighted by Crippen LogP contribution is -2.93. The third-order valence-electron chi connectivity index (χ3n) is 3.26. The Morgan fingerprint density at radius 3 is 2.10 bits per heavy atom. The molecule has 1 heterocycles. The van der Waals surface area contributed by atoms with E-state index in [2.05, 4.69) is 5.32 Å². The highest BCUT2D eigenvalue weighted by Gasteiger charge is 2.62. The first-order valence-electron chi connectivity index (χ1n) is 5.50. The molecule has 0 amide bonds. The Hall–Kier alpha value is -0.905. The quantitative estimate of drug-likeness (QED) is 0.526. The van der Waals surface area contributed by atoms with Crippen molar-refractivity contribution < 1.29 is 17.9 Å². The van der Waals surface area contributed by atoms with Crippen LogP contribution in [0.3, 0.4) is 0 Å². The molecule has 0 bridgehead atoms. The van der Waals surface area contributed by atoms with Crippen molar-refractivity contribution in [1.29, 1.82) is 0 Å². The van der Waals surface area contributed by atoms with E-state index in [4.69, 9.17) is 44.0 Å². The average Bonchev–Trinajstić information content (AvgIpc) is 2.30. The maximum Gasteiger partial charge on any atom is 0.203 e. The Bertz CT molecular complexity index is 567. The van der Waals surface area contributed by atoms with E-state index in [1.165, 1.54) is 6.92 Å². The lowest BCUT2D eigenvalue weighted by atomic mass is 9.32. The molecule has 1 fully saturated rings. The summed E-state index contributed by atoms with van der Waals surface area (Å²) in [5.41, 5.74) is -4.29. The highest BCUT2D eigenvalue weighted by atomic mass is 19.2. The molecule has 1 aromatic carbocycles. The Balaban J connectivity index is 2.48. The lowest BCUT2D eigenvalue weighted by molar-refractivity contribution is -0.0175. The molecule has 0 spiro atoms. The first-order chi connectivity index (χ1) is 8.93. The van der Waals surface area contributed by atoms with Crippen LogP contribution >= 0.6 is 0 Å². The maximum absolute atomic E-state index is 13.7. The van der Waals surface area contributed by atoms with Crippen LogP contribution in [0.2, 0.25) is 0 Å². The molecule has 2 atom stereocenters. The fraction of sp³-hybridized carbons (Fsp3) is 0.400. The van der Waals surface area contributed by atoms with Gasteiger partial charge in [0.05, 0.1) is 29.0 Å². The summed E-state index contributed by atoms with van der Waals surface area (Å²) < 4.78 is 45.7. The number of ether oxygens (including phenoxy) is 1. The van der Waals surface area contributed by atoms with Gasteiger partial charge in [-0.05, 0) is 11.4 Å². The molecule has 0 aliphatic carbocycles. The van der Waals surface area contributed by atoms with Crippen LogP contribution in [0.4, 0.5) is 13.2 Å². The van der Waals surface area contributed by atoms with E-state index in [1.807, 2.05) is 0 Å². The van der Waals surface area contributed by atoms with E-state index in [0.717, 1.165) is 0 Å². The normalized spacial score (nSPS) is 31.6. The number of halogens is 3. The van der Waals surface area contributed by atoms with Crippen molar-refractivity contribution in [3.05, 3.63) is 23.5 Å². The van der Waals surface area contributed by atoms with Crippen LogP contribution in [0.5, 0.6) is 5.75 Å². The third kappa shape index (κ3) is 1.91. The van der Waals surface area contributed by atoms with Gasteiger partial charge in [0.15, 0.2) is 17.4 Å². The van der Waals surface area contributed by atoms with E-state index in [0.29, 0.717) is 6.07 Å². The fourth-order valence-electron chi connectivity index (χ4n) is 2.02. The molecule has 10 heteroatoms. The summed E-state index contributed by atoms with van der Waals surface area (Å²) in [7, 11) is 27.7. The van der Waals surface area contributed by atoms with Crippen LogP contribution in [0.15, 0.2) is 6.07 Å². The molecule has 2 nitrogen and oxygen atoms in total. The molecule has 0 saturated carbocycles. The lowest BCUT2D eigenvalue weighted by Gasteiger charge is -2.68. The first-order valence-corrected chi connectivity index (χ1v) is 5.50. The minimum Gasteiger partial charge on any atom is -0.490 e. The molecule has 1 aliphatic heterocycles. The highest BCUT2D eigenvalue weighted by molar-refractivity contribution is 6.49. The summed E-state index contributed by atoms with van der Waals surface area (Å²) in [5.74, 6) is -5.48. The van der Waals surface area contributed by atoms with Gasteiger partial charge in [0.1, 0.15) is 15.7 Å². The Kier molecular flexibility index (Phi) is 3.32. The van der Waals surface area contributed by atoms with Gasteiger partial charge in [-0.15, -0.1) is 0 Å². The second-order valence-electron chi connectivity index (χ2n) is 4.94. The Labute approximate surface area is 121 Å². The molecule has 1 aromatic rings. The second kappa shape index (κ2) is 4.29. The van der Waals surface area contributed by atoms with Gasteiger partial charge in [-0.25, -0.2) is 8.78 Å². The van der Waals surface area contributed by atoms with Crippen molar-refractivity contribution in [2.75, 3.05) is 0 Å². The number of benzene rings is 1. The molecule has 1 saturated heterocycles. The van der Waals surface area contributed by atoms with Crippen molar-refractivity contribution in [2.24, 2.45) is 0 Å². The summed E-state index contributed by atoms with van der Waals surface area (Å²) in [5, 5.41) is 0.586. The molecule has 20 heavy (non-hydrogen) atoms. The van der Waals surface area contributed by atoms with Gasteiger partial charge in [0, 0.05) is 5.44 Å². The molecule has 0 aromatic heterocycles. The van der Waals surface area contributed by atoms with E-state index in [9.17, 15) is 13.2 Å². The smallest absolute Gasteiger partial charge is 0.203 e. The molecule has 2 rings (SSSR count). The zero-order valence-corrected chi connectivity index (χ0v) is 10.5. The van der Waals surface area contributed by atoms with Crippen molar-refractivity contribution in [1.82, 2.24) is 5.32 Å². The number of rotatable bonds is 2. The minimum absolute atomic E-state index is 0.547. The third-order valence-corrected chi connectivity index (χ3v) is 3.26. The minimum atomic E-state index is -2.08. The summed E-state index contributed by atoms with van der Waals surface area (Å²) >= 11 is 0. The van der Waals surface area contributed by atoms with Gasteiger partial charge in [0.2, 0.25) is 5.82 Å². The van der Waals surface area contributed by atoms with Crippen LogP contribution < -0.4 is 15.5 Å². The molecular weight excluding hydrogens is 261 g/mol. The Morgan fingerprint density at radius 1 is 1.10 bits per heavy atom. The molecule has 2 unspecified atom stereocenters. The number of hydrogen-bond donors (Lipinski definition) is 1. The van der Waals surface area contributed by atoms with Gasteiger partial charge < -0.3 is 10.1 Å². The summed E-state index contributed by atoms with van der Waals surface area (Å²) in [6.07, 6.45) is 0. The monoisotopic (exact) mass is 267 g/mol. The van der Waals surface area contributed by atoms with E-state index in [-0.39, 0.29) is 0 Å². The Morgan fingerprint density at radius 2 is 1.65 bits per heavy atom. The van der Waals surface area contributed by atoms with Gasteiger partial charge in [-0.1, -0.05) is 12.4 Å². The SMILES string of the molecule is [B]c1cc(F)c(OC2([B])C([B])([B])NC2([B])C)c(F)c1F. The van der Waals surface area contributed by atoms with Gasteiger partial charge in [-0.2, -0.15) is 4.39 Å². The average molecular weight is 266 g/mol. The van der Waals surface area contributed by atoms with E-state index < -0.39 is 44.9 Å². The fourth-order valence-corrected chi connectivity index (χ4v) is 2.02. The standard InChI is InChI=1S/C10H5B5F3NO/c1-8(12)9(13,10(14,15)19-8)20-7-4(16)2-3(11)5(17)6(7)18/h2,19H,1H3. The van der Waals surface area contributed by atoms with Gasteiger partial charge in [0.25, 0.3) is 0 Å². The number of nitrogens with one attached hydrogen (secondary N) is 1. The van der Waals surface area contributed by atoms with Crippen molar-refractivity contribution in [2.45, 2.75) is 23.2 Å². The van der Waals surface area contributed by atoms with Crippen LogP contribution in [0.25, 0.3) is 0 Å². The van der Waals surface area contributed by atoms with Gasteiger partial charge in [-0.3, -0.25) is 0 Å². The predicted octanol–water partition coefficient (Wildman–Crippen LogP) is -1.38. The predicted molar refractivity (Wildman–Crippen MR) is 72.4 cm³/mol. The molecular formula is C10H5B5F3NO. The molecule has 92 valence electrons. The zero-order chi connectivity index (χ0) is 15.5. The van der Waals surface area contributed by atoms with Crippen molar-refractivity contribution in [3.63, 3.8) is 0 Å². The van der Waals surface area contributed by atoms with Gasteiger partial charge >= 0.3 is 0 Å². The van der Waals surface area contributed by atoms with Crippen LogP contribution in [0.1, 0.15) is 6.92 Å². The highest BCUT2D eigenvalue weighted by Crippen LogP contribution is 2.41. The first kappa shape index (κ1) is 15.5. The summed E-state index contributed by atoms with van der Waals surface area (Å²) in [4.78, 5) is 0.